The molecular formula is C25H31F2N3O3. The smallest absolute Gasteiger partial charge is 0.257 e. The number of hydrogen-bond acceptors (Lipinski definition) is 4. The lowest BCUT2D eigenvalue weighted by Gasteiger charge is -2.30. The van der Waals surface area contributed by atoms with Crippen molar-refractivity contribution in [1.29, 1.82) is 0 Å². The van der Waals surface area contributed by atoms with E-state index in [0.717, 1.165) is 49.4 Å². The van der Waals surface area contributed by atoms with E-state index in [1.54, 1.807) is 21.0 Å². The average molecular weight is 460 g/mol. The molecule has 0 spiro atoms. The largest absolute Gasteiger partial charge is 0.496 e. The number of nitrogens with one attached hydrogen (secondary N) is 2. The summed E-state index contributed by atoms with van der Waals surface area (Å²) in [4.78, 5) is 27.9. The van der Waals surface area contributed by atoms with Gasteiger partial charge >= 0.3 is 0 Å². The summed E-state index contributed by atoms with van der Waals surface area (Å²) >= 11 is 0. The van der Waals surface area contributed by atoms with Gasteiger partial charge in [0.2, 0.25) is 5.91 Å². The summed E-state index contributed by atoms with van der Waals surface area (Å²) in [7, 11) is 1.62. The Morgan fingerprint density at radius 1 is 1.03 bits per heavy atom. The summed E-state index contributed by atoms with van der Waals surface area (Å²) in [6.45, 7) is 5.66. The molecule has 2 amide bonds. The van der Waals surface area contributed by atoms with E-state index in [1.807, 2.05) is 24.3 Å². The second-order valence-corrected chi connectivity index (χ2v) is 8.54. The molecule has 0 radical (unpaired) electrons. The average Bonchev–Trinajstić information content (AvgIpc) is 3.32. The van der Waals surface area contributed by atoms with Crippen LogP contribution in [0.1, 0.15) is 48.7 Å². The van der Waals surface area contributed by atoms with Crippen LogP contribution in [-0.4, -0.2) is 49.5 Å². The van der Waals surface area contributed by atoms with E-state index < -0.39 is 35.1 Å². The summed E-state index contributed by atoms with van der Waals surface area (Å²) in [5.41, 5.74) is 0.278. The summed E-state index contributed by atoms with van der Waals surface area (Å²) in [6.07, 6.45) is 2.16. The Hall–Kier alpha value is -3.00. The van der Waals surface area contributed by atoms with E-state index in [0.29, 0.717) is 6.54 Å². The first kappa shape index (κ1) is 24.6. The van der Waals surface area contributed by atoms with Gasteiger partial charge in [0.05, 0.1) is 13.2 Å². The highest BCUT2D eigenvalue weighted by Gasteiger charge is 2.30. The van der Waals surface area contributed by atoms with E-state index >= 15 is 0 Å². The Labute approximate surface area is 193 Å². The third-order valence-electron chi connectivity index (χ3n) is 5.97. The lowest BCUT2D eigenvalue weighted by molar-refractivity contribution is -0.124. The van der Waals surface area contributed by atoms with Gasteiger partial charge in [-0.2, -0.15) is 0 Å². The summed E-state index contributed by atoms with van der Waals surface area (Å²) in [5.74, 6) is -2.86. The number of benzene rings is 2. The molecule has 33 heavy (non-hydrogen) atoms. The van der Waals surface area contributed by atoms with Gasteiger partial charge in [-0.05, 0) is 50.0 Å². The zero-order chi connectivity index (χ0) is 24.0. The molecule has 1 aliphatic rings. The minimum Gasteiger partial charge on any atom is -0.496 e. The van der Waals surface area contributed by atoms with Gasteiger partial charge in [0.25, 0.3) is 5.91 Å². The van der Waals surface area contributed by atoms with Gasteiger partial charge in [0, 0.05) is 12.1 Å². The van der Waals surface area contributed by atoms with Gasteiger partial charge in [-0.1, -0.05) is 38.1 Å². The molecule has 1 fully saturated rings. The minimum atomic E-state index is -0.972. The fraction of sp³-hybridized carbons (Fsp3) is 0.440. The third-order valence-corrected chi connectivity index (χ3v) is 5.97. The molecule has 3 rings (SSSR count). The van der Waals surface area contributed by atoms with Crippen molar-refractivity contribution >= 4 is 11.8 Å². The molecule has 0 aromatic heterocycles. The van der Waals surface area contributed by atoms with Crippen LogP contribution in [-0.2, 0) is 4.79 Å². The van der Waals surface area contributed by atoms with Crippen LogP contribution in [0.15, 0.2) is 42.5 Å². The third kappa shape index (κ3) is 5.87. The lowest BCUT2D eigenvalue weighted by Crippen LogP contribution is -2.51. The molecule has 0 bridgehead atoms. The number of amides is 2. The van der Waals surface area contributed by atoms with Crippen molar-refractivity contribution in [2.24, 2.45) is 5.92 Å². The van der Waals surface area contributed by atoms with E-state index in [-0.39, 0.29) is 12.0 Å². The van der Waals surface area contributed by atoms with E-state index in [2.05, 4.69) is 15.5 Å². The Balaban J connectivity index is 1.75. The fourth-order valence-corrected chi connectivity index (χ4v) is 4.20. The Morgan fingerprint density at radius 3 is 2.27 bits per heavy atom. The molecule has 1 heterocycles. The number of hydrogen-bond donors (Lipinski definition) is 2. The fourth-order valence-electron chi connectivity index (χ4n) is 4.20. The predicted molar refractivity (Wildman–Crippen MR) is 122 cm³/mol. The maximum atomic E-state index is 14.0. The molecule has 6 nitrogen and oxygen atoms in total. The summed E-state index contributed by atoms with van der Waals surface area (Å²) in [5, 5.41) is 5.44. The van der Waals surface area contributed by atoms with E-state index in [1.165, 1.54) is 6.07 Å². The Morgan fingerprint density at radius 2 is 1.67 bits per heavy atom. The molecular weight excluding hydrogens is 428 g/mol. The van der Waals surface area contributed by atoms with Gasteiger partial charge in [-0.3, -0.25) is 14.5 Å². The molecule has 1 saturated heterocycles. The van der Waals surface area contributed by atoms with Crippen molar-refractivity contribution in [1.82, 2.24) is 15.5 Å². The molecule has 0 aliphatic carbocycles. The predicted octanol–water partition coefficient (Wildman–Crippen LogP) is 3.68. The topological polar surface area (TPSA) is 70.7 Å². The van der Waals surface area contributed by atoms with Crippen LogP contribution in [0.2, 0.25) is 0 Å². The zero-order valence-corrected chi connectivity index (χ0v) is 19.2. The molecule has 2 aromatic carbocycles. The van der Waals surface area contributed by atoms with Gasteiger partial charge < -0.3 is 15.4 Å². The molecule has 8 heteroatoms. The van der Waals surface area contributed by atoms with Gasteiger partial charge in [0.1, 0.15) is 29.0 Å². The molecule has 2 atom stereocenters. The van der Waals surface area contributed by atoms with Crippen LogP contribution in [0.3, 0.4) is 0 Å². The van der Waals surface area contributed by atoms with Gasteiger partial charge in [-0.25, -0.2) is 8.78 Å². The summed E-state index contributed by atoms with van der Waals surface area (Å²) in [6, 6.07) is 9.86. The standard InChI is InChI=1S/C25H31F2N3O3/c1-16(2)23(29-24(31)22-18(26)10-8-11-19(22)27)25(32)28-15-20(30-13-6-7-14-30)17-9-4-5-12-21(17)33-3/h4-5,8-12,16,20,23H,6-7,13-15H2,1-3H3,(H,28,32)(H,29,31). The van der Waals surface area contributed by atoms with Gasteiger partial charge in [0.15, 0.2) is 0 Å². The van der Waals surface area contributed by atoms with Crippen LogP contribution in [0.4, 0.5) is 8.78 Å². The highest BCUT2D eigenvalue weighted by atomic mass is 19.1. The molecule has 1 aliphatic heterocycles. The van der Waals surface area contributed by atoms with Crippen LogP contribution in [0, 0.1) is 17.6 Å². The first-order valence-electron chi connectivity index (χ1n) is 11.2. The zero-order valence-electron chi connectivity index (χ0n) is 19.2. The first-order valence-corrected chi connectivity index (χ1v) is 11.2. The number of methoxy groups -OCH3 is 1. The molecule has 0 saturated carbocycles. The van der Waals surface area contributed by atoms with Crippen molar-refractivity contribution in [3.63, 3.8) is 0 Å². The highest BCUT2D eigenvalue weighted by molar-refractivity contribution is 5.98. The van der Waals surface area contributed by atoms with Crippen LogP contribution >= 0.6 is 0 Å². The van der Waals surface area contributed by atoms with Crippen molar-refractivity contribution in [2.45, 2.75) is 38.8 Å². The van der Waals surface area contributed by atoms with Crippen LogP contribution in [0.5, 0.6) is 5.75 Å². The highest BCUT2D eigenvalue weighted by Crippen LogP contribution is 2.31. The van der Waals surface area contributed by atoms with Gasteiger partial charge in [-0.15, -0.1) is 0 Å². The number of ether oxygens (including phenoxy) is 1. The van der Waals surface area contributed by atoms with Crippen LogP contribution in [0.25, 0.3) is 0 Å². The quantitative estimate of drug-likeness (QED) is 0.600. The van der Waals surface area contributed by atoms with Crippen molar-refractivity contribution < 1.29 is 23.1 Å². The first-order chi connectivity index (χ1) is 15.8. The number of para-hydroxylation sites is 1. The Kier molecular flexibility index (Phi) is 8.38. The second-order valence-electron chi connectivity index (χ2n) is 8.54. The lowest BCUT2D eigenvalue weighted by atomic mass is 10.0. The molecule has 2 aromatic rings. The summed E-state index contributed by atoms with van der Waals surface area (Å²) < 4.78 is 33.6. The minimum absolute atomic E-state index is 0.0971. The normalized spacial score (nSPS) is 15.8. The molecule has 2 N–H and O–H groups in total. The monoisotopic (exact) mass is 459 g/mol. The number of rotatable bonds is 9. The number of likely N-dealkylation sites (tertiary alicyclic amines) is 1. The van der Waals surface area contributed by atoms with Crippen molar-refractivity contribution in [3.8, 4) is 5.75 Å². The number of carbonyl (C=O) groups excluding carboxylic acids is 2. The maximum Gasteiger partial charge on any atom is 0.257 e. The van der Waals surface area contributed by atoms with Crippen LogP contribution < -0.4 is 15.4 Å². The molecule has 2 unspecified atom stereocenters. The second kappa shape index (κ2) is 11.2. The maximum absolute atomic E-state index is 14.0. The Bertz CT molecular complexity index is 957. The number of carbonyl (C=O) groups is 2. The van der Waals surface area contributed by atoms with Crippen molar-refractivity contribution in [3.05, 3.63) is 65.2 Å². The number of halogens is 2. The number of nitrogens with zero attached hydrogens (tertiary/aromatic N) is 1. The van der Waals surface area contributed by atoms with Crippen molar-refractivity contribution in [2.75, 3.05) is 26.7 Å². The SMILES string of the molecule is COc1ccccc1C(CNC(=O)C(NC(=O)c1c(F)cccc1F)C(C)C)N1CCCC1. The van der Waals surface area contributed by atoms with E-state index in [9.17, 15) is 18.4 Å². The molecule has 178 valence electrons. The van der Waals surface area contributed by atoms with E-state index in [4.69, 9.17) is 4.74 Å².